The summed E-state index contributed by atoms with van der Waals surface area (Å²) in [6, 6.07) is 30.2. The third kappa shape index (κ3) is 4.23. The van der Waals surface area contributed by atoms with Gasteiger partial charge in [0, 0.05) is 0 Å². The van der Waals surface area contributed by atoms with Gasteiger partial charge in [-0.1, -0.05) is 97.1 Å². The highest BCUT2D eigenvalue weighted by atomic mass is 14.2. The molecule has 0 aliphatic heterocycles. The average Bonchev–Trinajstić information content (AvgIpc) is 2.64. The smallest absolute Gasteiger partial charge is 0.00810 e. The van der Waals surface area contributed by atoms with Crippen molar-refractivity contribution in [3.8, 4) is 0 Å². The van der Waals surface area contributed by atoms with E-state index in [0.29, 0.717) is 5.92 Å². The molecule has 3 aromatic carbocycles. The molecule has 0 aliphatic rings. The van der Waals surface area contributed by atoms with Crippen LogP contribution in [0.15, 0.2) is 91.5 Å². The maximum absolute atomic E-state index is 4.35. The molecule has 3 aromatic rings. The largest absolute Gasteiger partial charge is 0.0952 e. The molecule has 0 aromatic heterocycles. The Morgan fingerprint density at radius 1 is 0.792 bits per heavy atom. The Hall–Kier alpha value is -2.60. The SMILES string of the molecule is C=C(CC(Cc1ccc(C)cc1)c1ccccc1)c1ccccc1. The number of rotatable bonds is 6. The summed E-state index contributed by atoms with van der Waals surface area (Å²) in [7, 11) is 0. The van der Waals surface area contributed by atoms with Crippen LogP contribution in [-0.2, 0) is 6.42 Å². The Morgan fingerprint density at radius 3 is 2.00 bits per heavy atom. The molecule has 0 saturated carbocycles. The van der Waals surface area contributed by atoms with E-state index in [2.05, 4.69) is 98.4 Å². The minimum Gasteiger partial charge on any atom is -0.0952 e. The molecule has 0 saturated heterocycles. The molecule has 1 unspecified atom stereocenters. The van der Waals surface area contributed by atoms with Gasteiger partial charge in [-0.05, 0) is 47.9 Å². The molecule has 0 N–H and O–H groups in total. The molecule has 0 bridgehead atoms. The molecule has 0 aliphatic carbocycles. The zero-order valence-corrected chi connectivity index (χ0v) is 14.3. The van der Waals surface area contributed by atoms with Crippen LogP contribution in [0, 0.1) is 6.92 Å². The summed E-state index contributed by atoms with van der Waals surface area (Å²) in [5.41, 5.74) is 6.52. The van der Waals surface area contributed by atoms with Crippen LogP contribution >= 0.6 is 0 Å². The van der Waals surface area contributed by atoms with Crippen LogP contribution in [-0.4, -0.2) is 0 Å². The Morgan fingerprint density at radius 2 is 1.38 bits per heavy atom. The average molecular weight is 312 g/mol. The molecule has 3 rings (SSSR count). The lowest BCUT2D eigenvalue weighted by molar-refractivity contribution is 0.704. The second kappa shape index (κ2) is 7.79. The fourth-order valence-corrected chi connectivity index (χ4v) is 3.13. The van der Waals surface area contributed by atoms with E-state index in [1.165, 1.54) is 27.8 Å². The summed E-state index contributed by atoms with van der Waals surface area (Å²) in [4.78, 5) is 0. The topological polar surface area (TPSA) is 0 Å². The molecule has 24 heavy (non-hydrogen) atoms. The Bertz CT molecular complexity index is 767. The summed E-state index contributed by atoms with van der Waals surface area (Å²) in [6.07, 6.45) is 2.01. The molecular formula is C24H24. The molecule has 1 atom stereocenters. The van der Waals surface area contributed by atoms with Gasteiger partial charge < -0.3 is 0 Å². The summed E-state index contributed by atoms with van der Waals surface area (Å²) < 4.78 is 0. The third-order valence-corrected chi connectivity index (χ3v) is 4.55. The number of allylic oxidation sites excluding steroid dienone is 1. The molecule has 0 heterocycles. The van der Waals surface area contributed by atoms with Crippen molar-refractivity contribution < 1.29 is 0 Å². The molecule has 0 fully saturated rings. The van der Waals surface area contributed by atoms with Gasteiger partial charge in [0.15, 0.2) is 0 Å². The van der Waals surface area contributed by atoms with E-state index >= 15 is 0 Å². The monoisotopic (exact) mass is 312 g/mol. The minimum atomic E-state index is 0.446. The Balaban J connectivity index is 1.82. The van der Waals surface area contributed by atoms with Crippen LogP contribution in [0.3, 0.4) is 0 Å². The van der Waals surface area contributed by atoms with Gasteiger partial charge in [0.1, 0.15) is 0 Å². The fraction of sp³-hybridized carbons (Fsp3) is 0.167. The van der Waals surface area contributed by atoms with Crippen molar-refractivity contribution in [1.82, 2.24) is 0 Å². The van der Waals surface area contributed by atoms with E-state index in [0.717, 1.165) is 12.8 Å². The van der Waals surface area contributed by atoms with Crippen LogP contribution in [0.25, 0.3) is 5.57 Å². The molecule has 0 nitrogen and oxygen atoms in total. The van der Waals surface area contributed by atoms with Crippen molar-refractivity contribution in [2.75, 3.05) is 0 Å². The van der Waals surface area contributed by atoms with Crippen LogP contribution in [0.5, 0.6) is 0 Å². The van der Waals surface area contributed by atoms with Crippen molar-refractivity contribution in [1.29, 1.82) is 0 Å². The van der Waals surface area contributed by atoms with Gasteiger partial charge in [-0.25, -0.2) is 0 Å². The number of aryl methyl sites for hydroxylation is 1. The van der Waals surface area contributed by atoms with Crippen LogP contribution in [0.2, 0.25) is 0 Å². The lowest BCUT2D eigenvalue weighted by atomic mass is 9.85. The molecule has 0 radical (unpaired) electrons. The second-order valence-corrected chi connectivity index (χ2v) is 6.47. The summed E-state index contributed by atoms with van der Waals surface area (Å²) in [5, 5.41) is 0. The van der Waals surface area contributed by atoms with Crippen molar-refractivity contribution in [2.24, 2.45) is 0 Å². The first kappa shape index (κ1) is 16.3. The first-order valence-corrected chi connectivity index (χ1v) is 8.56. The third-order valence-electron chi connectivity index (χ3n) is 4.55. The predicted molar refractivity (Wildman–Crippen MR) is 104 cm³/mol. The van der Waals surface area contributed by atoms with E-state index in [1.54, 1.807) is 0 Å². The van der Waals surface area contributed by atoms with Crippen molar-refractivity contribution in [3.05, 3.63) is 114 Å². The van der Waals surface area contributed by atoms with Crippen molar-refractivity contribution >= 4 is 5.57 Å². The first-order valence-electron chi connectivity index (χ1n) is 8.56. The highest BCUT2D eigenvalue weighted by Gasteiger charge is 2.14. The lowest BCUT2D eigenvalue weighted by Gasteiger charge is -2.19. The van der Waals surface area contributed by atoms with E-state index in [-0.39, 0.29) is 0 Å². The molecular weight excluding hydrogens is 288 g/mol. The molecule has 0 heteroatoms. The standard InChI is InChI=1S/C24H24/c1-19-13-15-21(16-14-19)18-24(23-11-7-4-8-12-23)17-20(2)22-9-5-3-6-10-22/h3-16,24H,2,17-18H2,1H3. The van der Waals surface area contributed by atoms with Gasteiger partial charge in [0.05, 0.1) is 0 Å². The second-order valence-electron chi connectivity index (χ2n) is 6.47. The molecule has 0 spiro atoms. The summed E-state index contributed by atoms with van der Waals surface area (Å²) >= 11 is 0. The van der Waals surface area contributed by atoms with Crippen molar-refractivity contribution in [2.45, 2.75) is 25.7 Å². The van der Waals surface area contributed by atoms with E-state index in [4.69, 9.17) is 0 Å². The normalized spacial score (nSPS) is 11.9. The maximum atomic E-state index is 4.35. The zero-order chi connectivity index (χ0) is 16.8. The summed E-state index contributed by atoms with van der Waals surface area (Å²) in [6.45, 7) is 6.48. The number of benzene rings is 3. The number of hydrogen-bond donors (Lipinski definition) is 0. The van der Waals surface area contributed by atoms with Gasteiger partial charge in [0.2, 0.25) is 0 Å². The van der Waals surface area contributed by atoms with E-state index < -0.39 is 0 Å². The highest BCUT2D eigenvalue weighted by molar-refractivity contribution is 5.64. The van der Waals surface area contributed by atoms with Crippen LogP contribution < -0.4 is 0 Å². The van der Waals surface area contributed by atoms with Gasteiger partial charge in [0.25, 0.3) is 0 Å². The Kier molecular flexibility index (Phi) is 5.28. The van der Waals surface area contributed by atoms with E-state index in [1.807, 2.05) is 0 Å². The summed E-state index contributed by atoms with van der Waals surface area (Å²) in [5.74, 6) is 0.446. The molecule has 120 valence electrons. The van der Waals surface area contributed by atoms with Gasteiger partial charge in [-0.3, -0.25) is 0 Å². The first-order chi connectivity index (χ1) is 11.7. The van der Waals surface area contributed by atoms with Crippen LogP contribution in [0.1, 0.15) is 34.6 Å². The zero-order valence-electron chi connectivity index (χ0n) is 14.3. The van der Waals surface area contributed by atoms with Gasteiger partial charge in [-0.15, -0.1) is 0 Å². The minimum absolute atomic E-state index is 0.446. The number of hydrogen-bond acceptors (Lipinski definition) is 0. The Labute approximate surface area is 145 Å². The van der Waals surface area contributed by atoms with Gasteiger partial charge in [-0.2, -0.15) is 0 Å². The van der Waals surface area contributed by atoms with Gasteiger partial charge >= 0.3 is 0 Å². The predicted octanol–water partition coefficient (Wildman–Crippen LogP) is 6.42. The maximum Gasteiger partial charge on any atom is -0.00810 e. The van der Waals surface area contributed by atoms with Crippen molar-refractivity contribution in [3.63, 3.8) is 0 Å². The lowest BCUT2D eigenvalue weighted by Crippen LogP contribution is -2.04. The molecule has 0 amide bonds. The van der Waals surface area contributed by atoms with E-state index in [9.17, 15) is 0 Å². The highest BCUT2D eigenvalue weighted by Crippen LogP contribution is 2.31. The fourth-order valence-electron chi connectivity index (χ4n) is 3.13. The quantitative estimate of drug-likeness (QED) is 0.492. The van der Waals surface area contributed by atoms with Crippen LogP contribution in [0.4, 0.5) is 0 Å².